The number of nitrogens with one attached hydrogen (secondary N) is 1. The van der Waals surface area contributed by atoms with Crippen LogP contribution in [-0.2, 0) is 11.3 Å². The summed E-state index contributed by atoms with van der Waals surface area (Å²) in [6, 6.07) is 5.25. The van der Waals surface area contributed by atoms with Crippen LogP contribution in [0.5, 0.6) is 0 Å². The highest BCUT2D eigenvalue weighted by atomic mass is 19.1. The second kappa shape index (κ2) is 8.90. The van der Waals surface area contributed by atoms with E-state index in [1.165, 1.54) is 29.5 Å². The van der Waals surface area contributed by atoms with Gasteiger partial charge in [0, 0.05) is 37.6 Å². The number of carbonyl (C=O) groups is 2. The van der Waals surface area contributed by atoms with E-state index in [1.54, 1.807) is 30.6 Å². The molecule has 1 aromatic carbocycles. The van der Waals surface area contributed by atoms with Crippen molar-refractivity contribution >= 4 is 28.8 Å². The number of ether oxygens (including phenoxy) is 1. The maximum Gasteiger partial charge on any atom is 0.261 e. The number of amides is 2. The second-order valence-electron chi connectivity index (χ2n) is 9.33. The van der Waals surface area contributed by atoms with Crippen molar-refractivity contribution in [2.24, 2.45) is 0 Å². The lowest BCUT2D eigenvalue weighted by Crippen LogP contribution is -2.42. The van der Waals surface area contributed by atoms with Crippen LogP contribution in [0.2, 0.25) is 0 Å². The molecular formula is C24H27FN6O4. The Morgan fingerprint density at radius 3 is 2.83 bits per heavy atom. The van der Waals surface area contributed by atoms with Crippen LogP contribution in [0.1, 0.15) is 40.1 Å². The maximum atomic E-state index is 14.5. The van der Waals surface area contributed by atoms with Crippen LogP contribution in [-0.4, -0.2) is 81.0 Å². The van der Waals surface area contributed by atoms with Crippen LogP contribution in [0.25, 0.3) is 5.65 Å². The molecule has 11 heteroatoms. The highest BCUT2D eigenvalue weighted by Gasteiger charge is 2.35. The van der Waals surface area contributed by atoms with E-state index in [2.05, 4.69) is 20.3 Å². The van der Waals surface area contributed by atoms with E-state index in [9.17, 15) is 19.1 Å². The zero-order valence-electron chi connectivity index (χ0n) is 19.6. The van der Waals surface area contributed by atoms with Gasteiger partial charge >= 0.3 is 0 Å². The number of morpholine rings is 1. The van der Waals surface area contributed by atoms with E-state index in [4.69, 9.17) is 4.74 Å². The number of nitrogens with zero attached hydrogens (tertiary/aromatic N) is 5. The summed E-state index contributed by atoms with van der Waals surface area (Å²) >= 11 is 0. The first-order valence-corrected chi connectivity index (χ1v) is 11.5. The molecule has 1 saturated heterocycles. The van der Waals surface area contributed by atoms with E-state index in [0.29, 0.717) is 60.0 Å². The number of rotatable bonds is 6. The van der Waals surface area contributed by atoms with Crippen molar-refractivity contribution in [3.63, 3.8) is 0 Å². The second-order valence-corrected chi connectivity index (χ2v) is 9.33. The molecule has 0 bridgehead atoms. The third-order valence-corrected chi connectivity index (χ3v) is 6.37. The molecule has 5 rings (SSSR count). The summed E-state index contributed by atoms with van der Waals surface area (Å²) in [5.74, 6) is -0.675. The number of alkyl halides is 1. The van der Waals surface area contributed by atoms with E-state index >= 15 is 0 Å². The van der Waals surface area contributed by atoms with Gasteiger partial charge < -0.3 is 25.0 Å². The van der Waals surface area contributed by atoms with Gasteiger partial charge in [0.15, 0.2) is 5.65 Å². The lowest BCUT2D eigenvalue weighted by molar-refractivity contribution is -0.0159. The zero-order chi connectivity index (χ0) is 24.7. The van der Waals surface area contributed by atoms with E-state index < -0.39 is 11.8 Å². The van der Waals surface area contributed by atoms with Gasteiger partial charge in [0.05, 0.1) is 42.9 Å². The number of hydrogen-bond acceptors (Lipinski definition) is 7. The first-order valence-electron chi connectivity index (χ1n) is 11.5. The molecule has 35 heavy (non-hydrogen) atoms. The Kier molecular flexibility index (Phi) is 5.89. The molecule has 4 heterocycles. The Bertz CT molecular complexity index is 1280. The molecule has 3 aromatic rings. The van der Waals surface area contributed by atoms with Crippen LogP contribution in [0.15, 0.2) is 36.8 Å². The van der Waals surface area contributed by atoms with Crippen LogP contribution < -0.4 is 10.2 Å². The topological polar surface area (TPSA) is 112 Å². The summed E-state index contributed by atoms with van der Waals surface area (Å²) in [4.78, 5) is 34.0. The number of hydrogen-bond donors (Lipinski definition) is 2. The maximum absolute atomic E-state index is 14.5. The van der Waals surface area contributed by atoms with Gasteiger partial charge in [-0.25, -0.2) is 13.9 Å². The summed E-state index contributed by atoms with van der Waals surface area (Å²) in [5.41, 5.74) is 1.57. The first-order chi connectivity index (χ1) is 16.7. The molecule has 2 amide bonds. The quantitative estimate of drug-likeness (QED) is 0.552. The minimum absolute atomic E-state index is 0.190. The van der Waals surface area contributed by atoms with Gasteiger partial charge in [-0.3, -0.25) is 9.59 Å². The van der Waals surface area contributed by atoms with Crippen molar-refractivity contribution in [2.45, 2.75) is 32.2 Å². The number of halogens is 1. The van der Waals surface area contributed by atoms with Crippen molar-refractivity contribution in [2.75, 3.05) is 43.1 Å². The summed E-state index contributed by atoms with van der Waals surface area (Å²) in [6.45, 7) is 4.98. The van der Waals surface area contributed by atoms with Crippen LogP contribution in [0, 0.1) is 0 Å². The Morgan fingerprint density at radius 2 is 2.09 bits per heavy atom. The lowest BCUT2D eigenvalue weighted by Gasteiger charge is -2.31. The van der Waals surface area contributed by atoms with Crippen molar-refractivity contribution in [1.82, 2.24) is 19.5 Å². The molecule has 2 aromatic heterocycles. The Balaban J connectivity index is 1.47. The molecule has 0 spiro atoms. The lowest BCUT2D eigenvalue weighted by atomic mass is 10.0. The summed E-state index contributed by atoms with van der Waals surface area (Å²) in [5, 5.41) is 17.1. The monoisotopic (exact) mass is 482 g/mol. The van der Waals surface area contributed by atoms with Crippen molar-refractivity contribution in [3.05, 3.63) is 53.5 Å². The minimum Gasteiger partial charge on any atom is -0.387 e. The van der Waals surface area contributed by atoms with Crippen molar-refractivity contribution in [3.8, 4) is 0 Å². The van der Waals surface area contributed by atoms with Gasteiger partial charge in [-0.2, -0.15) is 5.10 Å². The van der Waals surface area contributed by atoms with E-state index in [0.717, 1.165) is 0 Å². The molecule has 0 radical (unpaired) electrons. The normalized spacial score (nSPS) is 17.1. The standard InChI is InChI=1S/C24H27FN6O4/c1-24(2,34)20(25)14-30-13-15-10-18(19(11-16(15)23(30)33)29-6-8-35-9-7-29)28-22(32)17-12-27-31-5-3-4-26-21(17)31/h3-5,10-12,20,34H,6-9,13-14H2,1-2H3,(H,28,32). The number of aromatic nitrogens is 3. The largest absolute Gasteiger partial charge is 0.387 e. The van der Waals surface area contributed by atoms with E-state index in [-0.39, 0.29) is 24.9 Å². The molecule has 0 saturated carbocycles. The van der Waals surface area contributed by atoms with Gasteiger partial charge in [-0.05, 0) is 37.6 Å². The molecule has 184 valence electrons. The van der Waals surface area contributed by atoms with Crippen LogP contribution >= 0.6 is 0 Å². The SMILES string of the molecule is CC(C)(O)C(F)CN1Cc2cc(NC(=O)c3cnn4cccnc34)c(N3CCOCC3)cc2C1=O. The van der Waals surface area contributed by atoms with Crippen molar-refractivity contribution < 1.29 is 23.8 Å². The van der Waals surface area contributed by atoms with Crippen molar-refractivity contribution in [1.29, 1.82) is 0 Å². The highest BCUT2D eigenvalue weighted by molar-refractivity contribution is 6.10. The predicted molar refractivity (Wildman–Crippen MR) is 126 cm³/mol. The molecule has 1 unspecified atom stereocenters. The number of anilines is 2. The Morgan fingerprint density at radius 1 is 1.31 bits per heavy atom. The van der Waals surface area contributed by atoms with Gasteiger partial charge in [-0.15, -0.1) is 0 Å². The fourth-order valence-electron chi connectivity index (χ4n) is 4.32. The smallest absolute Gasteiger partial charge is 0.261 e. The van der Waals surface area contributed by atoms with Crippen LogP contribution in [0.3, 0.4) is 0 Å². The molecule has 2 aliphatic rings. The average Bonchev–Trinajstić information content (AvgIpc) is 3.40. The first kappa shape index (κ1) is 23.2. The molecule has 0 aliphatic carbocycles. The molecule has 2 aliphatic heterocycles. The number of benzene rings is 1. The number of carbonyl (C=O) groups excluding carboxylic acids is 2. The summed E-state index contributed by atoms with van der Waals surface area (Å²) < 4.78 is 21.5. The number of fused-ring (bicyclic) bond motifs is 2. The third-order valence-electron chi connectivity index (χ3n) is 6.37. The Labute approximate surface area is 201 Å². The van der Waals surface area contributed by atoms with Gasteiger partial charge in [0.2, 0.25) is 0 Å². The van der Waals surface area contributed by atoms with Gasteiger partial charge in [0.25, 0.3) is 11.8 Å². The molecule has 10 nitrogen and oxygen atoms in total. The Hall–Kier alpha value is -3.57. The minimum atomic E-state index is -1.60. The fraction of sp³-hybridized carbons (Fsp3) is 0.417. The fourth-order valence-corrected chi connectivity index (χ4v) is 4.32. The molecular weight excluding hydrogens is 455 g/mol. The predicted octanol–water partition coefficient (Wildman–Crippen LogP) is 1.88. The highest BCUT2D eigenvalue weighted by Crippen LogP contribution is 2.36. The summed E-state index contributed by atoms with van der Waals surface area (Å²) in [6.07, 6.45) is 3.17. The summed E-state index contributed by atoms with van der Waals surface area (Å²) in [7, 11) is 0. The molecule has 2 N–H and O–H groups in total. The van der Waals surface area contributed by atoms with Gasteiger partial charge in [0.1, 0.15) is 11.7 Å². The van der Waals surface area contributed by atoms with Gasteiger partial charge in [-0.1, -0.05) is 0 Å². The zero-order valence-corrected chi connectivity index (χ0v) is 19.6. The molecule has 1 fully saturated rings. The average molecular weight is 483 g/mol. The third kappa shape index (κ3) is 4.44. The molecule has 1 atom stereocenters. The number of aliphatic hydroxyl groups is 1. The van der Waals surface area contributed by atoms with Crippen LogP contribution in [0.4, 0.5) is 15.8 Å². The van der Waals surface area contributed by atoms with E-state index in [1.807, 2.05) is 0 Å².